The summed E-state index contributed by atoms with van der Waals surface area (Å²) in [4.78, 5) is 9.23. The lowest BCUT2D eigenvalue weighted by molar-refractivity contribution is 0.396. The summed E-state index contributed by atoms with van der Waals surface area (Å²) in [6, 6.07) is 10.2. The van der Waals surface area contributed by atoms with Gasteiger partial charge in [-0.2, -0.15) is 0 Å². The Labute approximate surface area is 151 Å². The Kier molecular flexibility index (Phi) is 5.14. The highest BCUT2D eigenvalue weighted by Gasteiger charge is 2.21. The first-order chi connectivity index (χ1) is 11.6. The largest absolute Gasteiger partial charge is 0.497 e. The lowest BCUT2D eigenvalue weighted by Crippen LogP contribution is -2.47. The number of nitrogens with zero attached hydrogens (tertiary/aromatic N) is 3. The molecule has 3 rings (SSSR count). The van der Waals surface area contributed by atoms with Gasteiger partial charge in [0.25, 0.3) is 0 Å². The number of rotatable bonds is 4. The first kappa shape index (κ1) is 16.9. The van der Waals surface area contributed by atoms with E-state index in [4.69, 9.17) is 9.47 Å². The van der Waals surface area contributed by atoms with E-state index in [9.17, 15) is 0 Å². The first-order valence-corrected chi connectivity index (χ1v) is 8.76. The second-order valence-electron chi connectivity index (χ2n) is 5.79. The number of ether oxygens (including phenoxy) is 2. The molecule has 128 valence electrons. The number of hydrogen-bond acceptors (Lipinski definition) is 5. The fraction of sp³-hybridized carbons (Fsp3) is 0.389. The SMILES string of the molecule is COc1ccc(N2CCN(c3c(C)cc(OC)nc3Br)CC2)cc1. The number of anilines is 2. The average molecular weight is 392 g/mol. The molecule has 1 fully saturated rings. The van der Waals surface area contributed by atoms with Crippen LogP contribution in [0.4, 0.5) is 11.4 Å². The van der Waals surface area contributed by atoms with E-state index in [0.717, 1.165) is 42.2 Å². The molecule has 1 aliphatic heterocycles. The maximum absolute atomic E-state index is 5.23. The molecule has 0 saturated carbocycles. The summed E-state index contributed by atoms with van der Waals surface area (Å²) in [5.74, 6) is 1.53. The van der Waals surface area contributed by atoms with Gasteiger partial charge in [-0.25, -0.2) is 4.98 Å². The van der Waals surface area contributed by atoms with Gasteiger partial charge in [-0.15, -0.1) is 0 Å². The maximum Gasteiger partial charge on any atom is 0.214 e. The zero-order valence-electron chi connectivity index (χ0n) is 14.3. The monoisotopic (exact) mass is 391 g/mol. The number of hydrogen-bond donors (Lipinski definition) is 0. The van der Waals surface area contributed by atoms with Crippen LogP contribution in [0.1, 0.15) is 5.56 Å². The second kappa shape index (κ2) is 7.30. The van der Waals surface area contributed by atoms with Gasteiger partial charge >= 0.3 is 0 Å². The topological polar surface area (TPSA) is 37.8 Å². The molecule has 0 amide bonds. The molecule has 1 aromatic heterocycles. The van der Waals surface area contributed by atoms with Gasteiger partial charge in [0, 0.05) is 37.9 Å². The predicted octanol–water partition coefficient (Wildman–Crippen LogP) is 3.50. The van der Waals surface area contributed by atoms with Crippen molar-refractivity contribution in [3.8, 4) is 11.6 Å². The van der Waals surface area contributed by atoms with Crippen molar-refractivity contribution >= 4 is 27.3 Å². The van der Waals surface area contributed by atoms with Crippen LogP contribution in [0.2, 0.25) is 0 Å². The van der Waals surface area contributed by atoms with Gasteiger partial charge in [0.15, 0.2) is 0 Å². The molecule has 0 atom stereocenters. The van der Waals surface area contributed by atoms with Crippen molar-refractivity contribution in [2.45, 2.75) is 6.92 Å². The van der Waals surface area contributed by atoms with Crippen LogP contribution in [0.25, 0.3) is 0 Å². The Balaban J connectivity index is 1.71. The lowest BCUT2D eigenvalue weighted by Gasteiger charge is -2.38. The predicted molar refractivity (Wildman–Crippen MR) is 101 cm³/mol. The molecule has 0 N–H and O–H groups in total. The van der Waals surface area contributed by atoms with E-state index in [2.05, 4.69) is 49.8 Å². The van der Waals surface area contributed by atoms with Gasteiger partial charge < -0.3 is 19.3 Å². The molecule has 1 aromatic carbocycles. The third kappa shape index (κ3) is 3.43. The van der Waals surface area contributed by atoms with Crippen molar-refractivity contribution in [1.82, 2.24) is 4.98 Å². The van der Waals surface area contributed by atoms with Crippen LogP contribution >= 0.6 is 15.9 Å². The van der Waals surface area contributed by atoms with Crippen molar-refractivity contribution in [3.63, 3.8) is 0 Å². The van der Waals surface area contributed by atoms with E-state index in [1.807, 2.05) is 18.2 Å². The van der Waals surface area contributed by atoms with Gasteiger partial charge in [0.1, 0.15) is 10.4 Å². The highest BCUT2D eigenvalue weighted by molar-refractivity contribution is 9.10. The van der Waals surface area contributed by atoms with Crippen LogP contribution in [0.3, 0.4) is 0 Å². The van der Waals surface area contributed by atoms with Gasteiger partial charge in [0.05, 0.1) is 19.9 Å². The Bertz CT molecular complexity index is 675. The molecule has 1 aliphatic rings. The number of pyridine rings is 1. The minimum atomic E-state index is 0.639. The molecule has 6 heteroatoms. The van der Waals surface area contributed by atoms with Gasteiger partial charge in [-0.3, -0.25) is 0 Å². The summed E-state index contributed by atoms with van der Waals surface area (Å²) in [5.41, 5.74) is 3.57. The Morgan fingerprint density at radius 2 is 1.58 bits per heavy atom. The van der Waals surface area contributed by atoms with Crippen LogP contribution < -0.4 is 19.3 Å². The second-order valence-corrected chi connectivity index (χ2v) is 6.54. The summed E-state index contributed by atoms with van der Waals surface area (Å²) in [7, 11) is 3.33. The van der Waals surface area contributed by atoms with Crippen LogP contribution in [0, 0.1) is 6.92 Å². The summed E-state index contributed by atoms with van der Waals surface area (Å²) in [6.07, 6.45) is 0. The maximum atomic E-state index is 5.23. The molecule has 2 aromatic rings. The van der Waals surface area contributed by atoms with Crippen molar-refractivity contribution in [2.24, 2.45) is 0 Å². The van der Waals surface area contributed by atoms with E-state index < -0.39 is 0 Å². The molecule has 0 aliphatic carbocycles. The van der Waals surface area contributed by atoms with E-state index in [0.29, 0.717) is 5.88 Å². The number of piperazine rings is 1. The van der Waals surface area contributed by atoms with Crippen molar-refractivity contribution in [1.29, 1.82) is 0 Å². The summed E-state index contributed by atoms with van der Waals surface area (Å²) >= 11 is 3.59. The number of halogens is 1. The normalized spacial score (nSPS) is 14.7. The number of aromatic nitrogens is 1. The Morgan fingerprint density at radius 3 is 2.12 bits per heavy atom. The zero-order valence-corrected chi connectivity index (χ0v) is 15.8. The molecule has 0 unspecified atom stereocenters. The summed E-state index contributed by atoms with van der Waals surface area (Å²) in [6.45, 7) is 5.97. The third-order valence-electron chi connectivity index (χ3n) is 4.36. The number of benzene rings is 1. The molecule has 0 spiro atoms. The molecule has 0 bridgehead atoms. The van der Waals surface area contributed by atoms with Gasteiger partial charge in [-0.05, 0) is 52.7 Å². The third-order valence-corrected chi connectivity index (χ3v) is 4.91. The Hall–Kier alpha value is -1.95. The van der Waals surface area contributed by atoms with Crippen LogP contribution in [-0.2, 0) is 0 Å². The standard InChI is InChI=1S/C18H22BrN3O2/c1-13-12-16(24-3)20-18(19)17(13)22-10-8-21(9-11-22)14-4-6-15(23-2)7-5-14/h4-7,12H,8-11H2,1-3H3. The van der Waals surface area contributed by atoms with Crippen molar-refractivity contribution < 1.29 is 9.47 Å². The highest BCUT2D eigenvalue weighted by Crippen LogP contribution is 2.32. The van der Waals surface area contributed by atoms with Crippen molar-refractivity contribution in [3.05, 3.63) is 40.5 Å². The number of aryl methyl sites for hydroxylation is 1. The van der Waals surface area contributed by atoms with Crippen LogP contribution in [0.15, 0.2) is 34.9 Å². The van der Waals surface area contributed by atoms with E-state index in [1.165, 1.54) is 11.3 Å². The fourth-order valence-electron chi connectivity index (χ4n) is 3.06. The van der Waals surface area contributed by atoms with E-state index in [1.54, 1.807) is 14.2 Å². The quantitative estimate of drug-likeness (QED) is 0.745. The molecular formula is C18H22BrN3O2. The molecule has 2 heterocycles. The van der Waals surface area contributed by atoms with Gasteiger partial charge in [0.2, 0.25) is 5.88 Å². The smallest absolute Gasteiger partial charge is 0.214 e. The minimum Gasteiger partial charge on any atom is -0.497 e. The first-order valence-electron chi connectivity index (χ1n) is 7.97. The van der Waals surface area contributed by atoms with Gasteiger partial charge in [-0.1, -0.05) is 0 Å². The molecule has 1 saturated heterocycles. The van der Waals surface area contributed by atoms with Crippen molar-refractivity contribution in [2.75, 3.05) is 50.2 Å². The molecular weight excluding hydrogens is 370 g/mol. The zero-order chi connectivity index (χ0) is 17.1. The fourth-order valence-corrected chi connectivity index (χ4v) is 3.80. The summed E-state index contributed by atoms with van der Waals surface area (Å²) in [5, 5.41) is 0. The van der Waals surface area contributed by atoms with E-state index >= 15 is 0 Å². The molecule has 5 nitrogen and oxygen atoms in total. The highest BCUT2D eigenvalue weighted by atomic mass is 79.9. The lowest BCUT2D eigenvalue weighted by atomic mass is 10.2. The number of methoxy groups -OCH3 is 2. The molecule has 0 radical (unpaired) electrons. The van der Waals surface area contributed by atoms with Crippen LogP contribution in [0.5, 0.6) is 11.6 Å². The minimum absolute atomic E-state index is 0.639. The van der Waals surface area contributed by atoms with Crippen LogP contribution in [-0.4, -0.2) is 45.4 Å². The van der Waals surface area contributed by atoms with E-state index in [-0.39, 0.29) is 0 Å². The molecule has 24 heavy (non-hydrogen) atoms. The average Bonchev–Trinajstić information content (AvgIpc) is 2.61. The summed E-state index contributed by atoms with van der Waals surface area (Å²) < 4.78 is 11.3. The Morgan fingerprint density at radius 1 is 0.958 bits per heavy atom.